The van der Waals surface area contributed by atoms with E-state index in [4.69, 9.17) is 14.2 Å². The molecule has 0 saturated carbocycles. The minimum absolute atomic E-state index is 0.137. The van der Waals surface area contributed by atoms with E-state index in [1.165, 1.54) is 19.3 Å². The second-order valence-corrected chi connectivity index (χ2v) is 17.5. The molecular formula is C65H98O6. The van der Waals surface area contributed by atoms with Crippen molar-refractivity contribution in [1.29, 1.82) is 0 Å². The highest BCUT2D eigenvalue weighted by molar-refractivity contribution is 5.71. The van der Waals surface area contributed by atoms with E-state index in [-0.39, 0.29) is 44.0 Å². The van der Waals surface area contributed by atoms with Gasteiger partial charge < -0.3 is 14.2 Å². The molecule has 0 heterocycles. The van der Waals surface area contributed by atoms with E-state index in [1.807, 2.05) is 12.2 Å². The number of ether oxygens (including phenoxy) is 3. The van der Waals surface area contributed by atoms with Gasteiger partial charge in [-0.2, -0.15) is 0 Å². The minimum atomic E-state index is -0.845. The molecule has 71 heavy (non-hydrogen) atoms. The molecule has 0 rings (SSSR count). The summed E-state index contributed by atoms with van der Waals surface area (Å²) in [5.74, 6) is -1.09. The highest BCUT2D eigenvalue weighted by Gasteiger charge is 2.19. The minimum Gasteiger partial charge on any atom is -0.462 e. The van der Waals surface area contributed by atoms with Gasteiger partial charge in [-0.3, -0.25) is 14.4 Å². The molecular weight excluding hydrogens is 877 g/mol. The third-order valence-electron chi connectivity index (χ3n) is 10.8. The largest absolute Gasteiger partial charge is 0.462 e. The number of carbonyl (C=O) groups excluding carboxylic acids is 3. The Bertz CT molecular complexity index is 1690. The molecule has 0 spiro atoms. The summed E-state index contributed by atoms with van der Waals surface area (Å²) in [6.45, 7) is 6.23. The molecule has 1 unspecified atom stereocenters. The van der Waals surface area contributed by atoms with Gasteiger partial charge >= 0.3 is 17.9 Å². The standard InChI is InChI=1S/C65H98O6/c1-4-7-10-13-16-19-22-25-28-31-33-35-37-40-43-46-49-52-55-58-64(67)70-61-62(60-69-63(66)57-54-51-48-45-42-39-36-30-27-24-21-18-15-12-9-6-3)71-65(68)59-56-53-50-47-44-41-38-34-32-29-26-23-20-17-14-11-8-5-2/h7,9-10,12,16-21,23,25-30,32-35,38-40,42-43,48,51,62H,4-6,8,11,13-15,22,24,31,36-37,41,44-47,49-50,52-61H2,1-3H3/b10-7-,12-9-,19-16-,20-17-,21-18-,26-23-,28-25-,30-27-,32-29-,35-33-,38-34-,42-39-,43-40-,51-48-. The fourth-order valence-electron chi connectivity index (χ4n) is 6.70. The highest BCUT2D eigenvalue weighted by atomic mass is 16.6. The van der Waals surface area contributed by atoms with Crippen LogP contribution in [0, 0.1) is 0 Å². The van der Waals surface area contributed by atoms with Crippen LogP contribution >= 0.6 is 0 Å². The maximum atomic E-state index is 12.8. The third-order valence-corrected chi connectivity index (χ3v) is 10.8. The Morgan fingerprint density at radius 2 is 0.634 bits per heavy atom. The van der Waals surface area contributed by atoms with E-state index in [1.54, 1.807) is 0 Å². The maximum absolute atomic E-state index is 12.8. The van der Waals surface area contributed by atoms with E-state index in [2.05, 4.69) is 179 Å². The van der Waals surface area contributed by atoms with Crippen molar-refractivity contribution in [2.45, 2.75) is 207 Å². The summed E-state index contributed by atoms with van der Waals surface area (Å²) < 4.78 is 16.7. The Hall–Kier alpha value is -5.23. The molecule has 0 fully saturated rings. The van der Waals surface area contributed by atoms with Gasteiger partial charge in [0.15, 0.2) is 6.10 Å². The van der Waals surface area contributed by atoms with Gasteiger partial charge in [-0.15, -0.1) is 0 Å². The zero-order chi connectivity index (χ0) is 51.4. The molecule has 0 aromatic heterocycles. The average Bonchev–Trinajstić information content (AvgIpc) is 3.37. The van der Waals surface area contributed by atoms with Gasteiger partial charge in [0.2, 0.25) is 0 Å². The molecule has 0 aliphatic heterocycles. The molecule has 0 saturated heterocycles. The van der Waals surface area contributed by atoms with Crippen molar-refractivity contribution in [2.75, 3.05) is 13.2 Å². The Morgan fingerprint density at radius 1 is 0.310 bits per heavy atom. The Morgan fingerprint density at radius 3 is 1.08 bits per heavy atom. The smallest absolute Gasteiger partial charge is 0.306 e. The number of unbranched alkanes of at least 4 members (excludes halogenated alkanes) is 11. The first-order valence-electron chi connectivity index (χ1n) is 27.7. The SMILES string of the molecule is CC/C=C\C/C=C\C/C=C\C/C=C\C/C=C\CCCCCC(=O)OCC(COC(=O)CC/C=C\C/C=C\C/C=C\C/C=C\C/C=C\CC)OC(=O)CCCCCCC\C=C/C=C\C=C/C=C\CCCCC. The number of allylic oxidation sites excluding steroid dienone is 28. The summed E-state index contributed by atoms with van der Waals surface area (Å²) in [7, 11) is 0. The molecule has 0 aliphatic carbocycles. The van der Waals surface area contributed by atoms with E-state index < -0.39 is 6.10 Å². The molecule has 6 heteroatoms. The van der Waals surface area contributed by atoms with Crippen molar-refractivity contribution in [3.05, 3.63) is 170 Å². The van der Waals surface area contributed by atoms with Crippen molar-refractivity contribution in [1.82, 2.24) is 0 Å². The van der Waals surface area contributed by atoms with Crippen LogP contribution in [0.15, 0.2) is 170 Å². The Labute approximate surface area is 434 Å². The van der Waals surface area contributed by atoms with E-state index in [0.717, 1.165) is 135 Å². The summed E-state index contributed by atoms with van der Waals surface area (Å²) >= 11 is 0. The maximum Gasteiger partial charge on any atom is 0.306 e. The number of hydrogen-bond acceptors (Lipinski definition) is 6. The lowest BCUT2D eigenvalue weighted by molar-refractivity contribution is -0.166. The lowest BCUT2D eigenvalue weighted by Gasteiger charge is -2.18. The van der Waals surface area contributed by atoms with Crippen molar-refractivity contribution in [3.63, 3.8) is 0 Å². The molecule has 0 aliphatic rings. The number of hydrogen-bond donors (Lipinski definition) is 0. The van der Waals surface area contributed by atoms with Crippen LogP contribution in [0.3, 0.4) is 0 Å². The number of esters is 3. The van der Waals surface area contributed by atoms with Gasteiger partial charge in [0.05, 0.1) is 0 Å². The van der Waals surface area contributed by atoms with Crippen molar-refractivity contribution < 1.29 is 28.6 Å². The highest BCUT2D eigenvalue weighted by Crippen LogP contribution is 2.11. The normalized spacial score (nSPS) is 13.5. The molecule has 0 bridgehead atoms. The van der Waals surface area contributed by atoms with Crippen LogP contribution in [0.5, 0.6) is 0 Å². The topological polar surface area (TPSA) is 78.9 Å². The molecule has 6 nitrogen and oxygen atoms in total. The fourth-order valence-corrected chi connectivity index (χ4v) is 6.70. The number of rotatable bonds is 47. The van der Waals surface area contributed by atoms with Crippen LogP contribution in [0.4, 0.5) is 0 Å². The first-order chi connectivity index (χ1) is 35.0. The summed E-state index contributed by atoms with van der Waals surface area (Å²) in [5.41, 5.74) is 0. The Kier molecular flexibility index (Phi) is 53.1. The molecule has 394 valence electrons. The van der Waals surface area contributed by atoms with Gasteiger partial charge in [0.1, 0.15) is 13.2 Å². The second kappa shape index (κ2) is 57.3. The molecule has 0 radical (unpaired) electrons. The van der Waals surface area contributed by atoms with Crippen molar-refractivity contribution in [2.24, 2.45) is 0 Å². The van der Waals surface area contributed by atoms with Crippen LogP contribution in [0.2, 0.25) is 0 Å². The van der Waals surface area contributed by atoms with Crippen molar-refractivity contribution >= 4 is 17.9 Å². The van der Waals surface area contributed by atoms with Gasteiger partial charge in [0, 0.05) is 19.3 Å². The predicted molar refractivity (Wildman–Crippen MR) is 306 cm³/mol. The summed E-state index contributed by atoms with van der Waals surface area (Å²) in [5, 5.41) is 0. The third kappa shape index (κ3) is 55.6. The first-order valence-corrected chi connectivity index (χ1v) is 27.7. The van der Waals surface area contributed by atoms with E-state index in [0.29, 0.717) is 12.8 Å². The average molecular weight is 975 g/mol. The quantitative estimate of drug-likeness (QED) is 0.0199. The summed E-state index contributed by atoms with van der Waals surface area (Å²) in [6.07, 6.45) is 84.9. The monoisotopic (exact) mass is 975 g/mol. The van der Waals surface area contributed by atoms with Crippen LogP contribution in [0.25, 0.3) is 0 Å². The van der Waals surface area contributed by atoms with Crippen LogP contribution in [-0.4, -0.2) is 37.2 Å². The molecule has 1 atom stereocenters. The van der Waals surface area contributed by atoms with Gasteiger partial charge in [-0.25, -0.2) is 0 Å². The molecule has 0 aromatic carbocycles. The fraction of sp³-hybridized carbons (Fsp3) is 0.523. The van der Waals surface area contributed by atoms with E-state index in [9.17, 15) is 14.4 Å². The molecule has 0 aromatic rings. The van der Waals surface area contributed by atoms with Gasteiger partial charge in [-0.05, 0) is 122 Å². The number of carbonyl (C=O) groups is 3. The zero-order valence-electron chi connectivity index (χ0n) is 44.9. The Balaban J connectivity index is 4.65. The van der Waals surface area contributed by atoms with Crippen LogP contribution in [0.1, 0.15) is 201 Å². The summed E-state index contributed by atoms with van der Waals surface area (Å²) in [4.78, 5) is 38.1. The predicted octanol–water partition coefficient (Wildman–Crippen LogP) is 18.8. The zero-order valence-corrected chi connectivity index (χ0v) is 44.9. The molecule has 0 amide bonds. The van der Waals surface area contributed by atoms with E-state index >= 15 is 0 Å². The van der Waals surface area contributed by atoms with Crippen LogP contribution < -0.4 is 0 Å². The lowest BCUT2D eigenvalue weighted by Crippen LogP contribution is -2.30. The first kappa shape index (κ1) is 65.8. The second-order valence-electron chi connectivity index (χ2n) is 17.5. The van der Waals surface area contributed by atoms with Gasteiger partial charge in [0.25, 0.3) is 0 Å². The van der Waals surface area contributed by atoms with Crippen LogP contribution in [-0.2, 0) is 28.6 Å². The van der Waals surface area contributed by atoms with Crippen molar-refractivity contribution in [3.8, 4) is 0 Å². The van der Waals surface area contributed by atoms with Gasteiger partial charge in [-0.1, -0.05) is 229 Å². The molecule has 0 N–H and O–H groups in total. The lowest BCUT2D eigenvalue weighted by atomic mass is 10.1. The summed E-state index contributed by atoms with van der Waals surface area (Å²) in [6, 6.07) is 0.